The lowest BCUT2D eigenvalue weighted by molar-refractivity contribution is -0.133. The van der Waals surface area contributed by atoms with Gasteiger partial charge in [-0.25, -0.2) is 0 Å². The van der Waals surface area contributed by atoms with Crippen molar-refractivity contribution in [3.8, 4) is 0 Å². The molecule has 1 saturated heterocycles. The van der Waals surface area contributed by atoms with Crippen LogP contribution in [-0.4, -0.2) is 47.6 Å². The first-order chi connectivity index (χ1) is 8.00. The Morgan fingerprint density at radius 1 is 1.41 bits per heavy atom. The molecule has 98 valence electrons. The predicted octanol–water partition coefficient (Wildman–Crippen LogP) is 0.132. The maximum atomic E-state index is 11.8. The number of carbonyl (C=O) groups excluding carboxylic acids is 2. The molecule has 2 N–H and O–H groups in total. The highest BCUT2D eigenvalue weighted by atomic mass is 16.3. The van der Waals surface area contributed by atoms with Crippen LogP contribution in [0.3, 0.4) is 0 Å². The predicted molar refractivity (Wildman–Crippen MR) is 64.3 cm³/mol. The summed E-state index contributed by atoms with van der Waals surface area (Å²) >= 11 is 0. The Hall–Kier alpha value is -1.10. The van der Waals surface area contributed by atoms with Gasteiger partial charge in [0.2, 0.25) is 11.8 Å². The summed E-state index contributed by atoms with van der Waals surface area (Å²) in [5.41, 5.74) is 0. The molecule has 0 saturated carbocycles. The molecule has 1 rings (SSSR count). The van der Waals surface area contributed by atoms with E-state index in [9.17, 15) is 9.59 Å². The van der Waals surface area contributed by atoms with Gasteiger partial charge in [0.15, 0.2) is 0 Å². The van der Waals surface area contributed by atoms with Crippen LogP contribution in [0.2, 0.25) is 0 Å². The van der Waals surface area contributed by atoms with Gasteiger partial charge in [0.1, 0.15) is 0 Å². The number of hydrogen-bond donors (Lipinski definition) is 2. The van der Waals surface area contributed by atoms with E-state index in [1.54, 1.807) is 18.7 Å². The van der Waals surface area contributed by atoms with Gasteiger partial charge in [-0.05, 0) is 26.2 Å². The fraction of sp³-hybridized carbons (Fsp3) is 0.833. The van der Waals surface area contributed by atoms with Gasteiger partial charge in [-0.1, -0.05) is 0 Å². The molecule has 1 fully saturated rings. The van der Waals surface area contributed by atoms with Crippen molar-refractivity contribution in [1.29, 1.82) is 0 Å². The summed E-state index contributed by atoms with van der Waals surface area (Å²) in [6.07, 6.45) is 1.67. The van der Waals surface area contributed by atoms with Gasteiger partial charge in [0.05, 0.1) is 6.10 Å². The zero-order valence-electron chi connectivity index (χ0n) is 10.6. The van der Waals surface area contributed by atoms with E-state index in [0.29, 0.717) is 26.1 Å². The second-order valence-corrected chi connectivity index (χ2v) is 4.71. The average molecular weight is 242 g/mol. The van der Waals surface area contributed by atoms with Gasteiger partial charge in [0.25, 0.3) is 0 Å². The number of carbonyl (C=O) groups is 2. The van der Waals surface area contributed by atoms with E-state index in [0.717, 1.165) is 12.8 Å². The van der Waals surface area contributed by atoms with E-state index in [-0.39, 0.29) is 23.8 Å². The highest BCUT2D eigenvalue weighted by Crippen LogP contribution is 2.17. The minimum atomic E-state index is -0.380. The van der Waals surface area contributed by atoms with Gasteiger partial charge in [-0.2, -0.15) is 0 Å². The van der Waals surface area contributed by atoms with Crippen molar-refractivity contribution >= 4 is 11.8 Å². The van der Waals surface area contributed by atoms with Crippen LogP contribution in [-0.2, 0) is 9.59 Å². The molecule has 2 amide bonds. The Morgan fingerprint density at radius 3 is 2.47 bits per heavy atom. The van der Waals surface area contributed by atoms with Crippen LogP contribution in [0.5, 0.6) is 0 Å². The number of nitrogens with one attached hydrogen (secondary N) is 1. The zero-order chi connectivity index (χ0) is 12.8. The zero-order valence-corrected chi connectivity index (χ0v) is 10.6. The van der Waals surface area contributed by atoms with Crippen molar-refractivity contribution in [3.05, 3.63) is 0 Å². The van der Waals surface area contributed by atoms with Crippen molar-refractivity contribution in [3.63, 3.8) is 0 Å². The van der Waals surface area contributed by atoms with Crippen LogP contribution in [0.25, 0.3) is 0 Å². The lowest BCUT2D eigenvalue weighted by Gasteiger charge is -2.30. The fourth-order valence-electron chi connectivity index (χ4n) is 2.01. The Morgan fingerprint density at radius 2 is 2.00 bits per heavy atom. The van der Waals surface area contributed by atoms with E-state index in [4.69, 9.17) is 5.11 Å². The molecule has 0 aromatic carbocycles. The number of rotatable bonds is 4. The topological polar surface area (TPSA) is 69.6 Å². The van der Waals surface area contributed by atoms with E-state index >= 15 is 0 Å². The second kappa shape index (κ2) is 6.59. The molecule has 1 atom stereocenters. The summed E-state index contributed by atoms with van der Waals surface area (Å²) in [7, 11) is 0. The molecular weight excluding hydrogens is 220 g/mol. The van der Waals surface area contributed by atoms with Gasteiger partial charge in [-0.15, -0.1) is 0 Å². The van der Waals surface area contributed by atoms with Gasteiger partial charge in [0, 0.05) is 32.5 Å². The van der Waals surface area contributed by atoms with Crippen LogP contribution in [0.4, 0.5) is 0 Å². The van der Waals surface area contributed by atoms with Crippen LogP contribution >= 0.6 is 0 Å². The van der Waals surface area contributed by atoms with Gasteiger partial charge >= 0.3 is 0 Å². The molecule has 0 aliphatic carbocycles. The van der Waals surface area contributed by atoms with E-state index in [1.165, 1.54) is 0 Å². The van der Waals surface area contributed by atoms with E-state index in [1.807, 2.05) is 0 Å². The number of hydrogen-bond acceptors (Lipinski definition) is 3. The van der Waals surface area contributed by atoms with E-state index in [2.05, 4.69) is 5.32 Å². The first kappa shape index (κ1) is 14.0. The minimum Gasteiger partial charge on any atom is -0.393 e. The minimum absolute atomic E-state index is 0.0135. The number of nitrogens with zero attached hydrogens (tertiary/aromatic N) is 1. The molecule has 0 bridgehead atoms. The summed E-state index contributed by atoms with van der Waals surface area (Å²) in [5.74, 6) is 0.145. The summed E-state index contributed by atoms with van der Waals surface area (Å²) < 4.78 is 0. The highest BCUT2D eigenvalue weighted by molar-refractivity contribution is 5.79. The van der Waals surface area contributed by atoms with Crippen LogP contribution in [0.15, 0.2) is 0 Å². The molecule has 1 aliphatic heterocycles. The Kier molecular flexibility index (Phi) is 5.41. The maximum absolute atomic E-state index is 11.8. The molecule has 5 nitrogen and oxygen atoms in total. The molecule has 1 aliphatic rings. The first-order valence-electron chi connectivity index (χ1n) is 6.22. The van der Waals surface area contributed by atoms with Gasteiger partial charge in [-0.3, -0.25) is 9.59 Å². The SMILES string of the molecule is CC(=O)N1CCC(C(=O)NCCC(C)O)CC1. The Bertz CT molecular complexity index is 271. The van der Waals surface area contributed by atoms with Crippen LogP contribution < -0.4 is 5.32 Å². The smallest absolute Gasteiger partial charge is 0.223 e. The monoisotopic (exact) mass is 242 g/mol. The number of aliphatic hydroxyl groups excluding tert-OH is 1. The second-order valence-electron chi connectivity index (χ2n) is 4.71. The molecule has 17 heavy (non-hydrogen) atoms. The Balaban J connectivity index is 2.24. The lowest BCUT2D eigenvalue weighted by atomic mass is 9.96. The molecular formula is C12H22N2O3. The fourth-order valence-corrected chi connectivity index (χ4v) is 2.01. The average Bonchev–Trinajstić information content (AvgIpc) is 2.28. The molecule has 0 radical (unpaired) electrons. The number of amides is 2. The number of likely N-dealkylation sites (tertiary alicyclic amines) is 1. The third-order valence-corrected chi connectivity index (χ3v) is 3.17. The largest absolute Gasteiger partial charge is 0.393 e. The molecule has 5 heteroatoms. The third-order valence-electron chi connectivity index (χ3n) is 3.17. The summed E-state index contributed by atoms with van der Waals surface area (Å²) in [6, 6.07) is 0. The standard InChI is InChI=1S/C12H22N2O3/c1-9(15)3-6-13-12(17)11-4-7-14(8-5-11)10(2)16/h9,11,15H,3-8H2,1-2H3,(H,13,17). The third kappa shape index (κ3) is 4.73. The number of aliphatic hydroxyl groups is 1. The molecule has 0 aromatic heterocycles. The highest BCUT2D eigenvalue weighted by Gasteiger charge is 2.25. The summed E-state index contributed by atoms with van der Waals surface area (Å²) in [5, 5.41) is 11.9. The lowest BCUT2D eigenvalue weighted by Crippen LogP contribution is -2.42. The molecule has 1 unspecified atom stereocenters. The van der Waals surface area contributed by atoms with Gasteiger partial charge < -0.3 is 15.3 Å². The quantitative estimate of drug-likeness (QED) is 0.736. The maximum Gasteiger partial charge on any atom is 0.223 e. The van der Waals surface area contributed by atoms with Crippen LogP contribution in [0, 0.1) is 5.92 Å². The molecule has 1 heterocycles. The first-order valence-corrected chi connectivity index (χ1v) is 6.22. The van der Waals surface area contributed by atoms with Crippen molar-refractivity contribution in [2.75, 3.05) is 19.6 Å². The van der Waals surface area contributed by atoms with Crippen molar-refractivity contribution in [1.82, 2.24) is 10.2 Å². The van der Waals surface area contributed by atoms with Crippen molar-refractivity contribution in [2.45, 2.75) is 39.2 Å². The van der Waals surface area contributed by atoms with Crippen LogP contribution in [0.1, 0.15) is 33.1 Å². The summed E-state index contributed by atoms with van der Waals surface area (Å²) in [6.45, 7) is 5.12. The molecule has 0 aromatic rings. The normalized spacial score (nSPS) is 18.9. The number of piperidine rings is 1. The van der Waals surface area contributed by atoms with Crippen molar-refractivity contribution in [2.24, 2.45) is 5.92 Å². The molecule has 0 spiro atoms. The summed E-state index contributed by atoms with van der Waals surface area (Å²) in [4.78, 5) is 24.7. The van der Waals surface area contributed by atoms with E-state index < -0.39 is 0 Å². The Labute approximate surface area is 102 Å². The van der Waals surface area contributed by atoms with Crippen molar-refractivity contribution < 1.29 is 14.7 Å².